The van der Waals surface area contributed by atoms with E-state index in [9.17, 15) is 9.50 Å². The predicted octanol–water partition coefficient (Wildman–Crippen LogP) is 3.97. The van der Waals surface area contributed by atoms with E-state index in [1.807, 2.05) is 31.2 Å². The molecule has 0 saturated heterocycles. The maximum absolute atomic E-state index is 13.3. The smallest absolute Gasteiger partial charge is 0.124 e. The number of thioether (sulfide) groups is 1. The second kappa shape index (κ2) is 6.77. The monoisotopic (exact) mass is 292 g/mol. The van der Waals surface area contributed by atoms with Crippen molar-refractivity contribution in [3.8, 4) is 5.75 Å². The number of hydrogen-bond donors (Lipinski definition) is 1. The van der Waals surface area contributed by atoms with Crippen molar-refractivity contribution in [1.29, 1.82) is 0 Å². The maximum Gasteiger partial charge on any atom is 0.124 e. The van der Waals surface area contributed by atoms with E-state index in [2.05, 4.69) is 0 Å². The Morgan fingerprint density at radius 1 is 1.25 bits per heavy atom. The van der Waals surface area contributed by atoms with Crippen molar-refractivity contribution in [2.45, 2.75) is 17.9 Å². The summed E-state index contributed by atoms with van der Waals surface area (Å²) < 4.78 is 18.5. The Morgan fingerprint density at radius 3 is 2.70 bits per heavy atom. The Labute approximate surface area is 122 Å². The number of aliphatic hydroxyl groups excluding tert-OH is 1. The van der Waals surface area contributed by atoms with Gasteiger partial charge in [-0.15, -0.1) is 11.8 Å². The van der Waals surface area contributed by atoms with Crippen LogP contribution in [-0.4, -0.2) is 18.0 Å². The van der Waals surface area contributed by atoms with E-state index < -0.39 is 6.10 Å². The predicted molar refractivity (Wildman–Crippen MR) is 79.8 cm³/mol. The first-order valence-electron chi connectivity index (χ1n) is 6.31. The van der Waals surface area contributed by atoms with Crippen LogP contribution in [-0.2, 0) is 0 Å². The fourth-order valence-corrected chi connectivity index (χ4v) is 2.93. The summed E-state index contributed by atoms with van der Waals surface area (Å²) in [6.07, 6.45) is -0.773. The molecule has 0 heterocycles. The van der Waals surface area contributed by atoms with Crippen LogP contribution in [0.2, 0.25) is 0 Å². The Hall–Kier alpha value is -1.52. The van der Waals surface area contributed by atoms with Crippen LogP contribution >= 0.6 is 11.8 Å². The van der Waals surface area contributed by atoms with Gasteiger partial charge in [-0.25, -0.2) is 4.39 Å². The number of ether oxygens (including phenoxy) is 1. The van der Waals surface area contributed by atoms with Crippen molar-refractivity contribution < 1.29 is 14.2 Å². The number of methoxy groups -OCH3 is 1. The highest BCUT2D eigenvalue weighted by atomic mass is 32.2. The lowest BCUT2D eigenvalue weighted by molar-refractivity contribution is 0.198. The molecule has 1 unspecified atom stereocenters. The molecule has 2 nitrogen and oxygen atoms in total. The SMILES string of the molecule is COc1ccc(F)cc1C(O)CSc1ccccc1C. The Morgan fingerprint density at radius 2 is 2.00 bits per heavy atom. The highest BCUT2D eigenvalue weighted by Gasteiger charge is 2.15. The van der Waals surface area contributed by atoms with Crippen molar-refractivity contribution in [2.24, 2.45) is 0 Å². The summed E-state index contributed by atoms with van der Waals surface area (Å²) >= 11 is 1.55. The van der Waals surface area contributed by atoms with Gasteiger partial charge in [0.2, 0.25) is 0 Å². The summed E-state index contributed by atoms with van der Waals surface area (Å²) in [6, 6.07) is 12.2. The first-order chi connectivity index (χ1) is 9.61. The van der Waals surface area contributed by atoms with Crippen LogP contribution in [0.4, 0.5) is 4.39 Å². The Balaban J connectivity index is 2.11. The molecule has 1 N–H and O–H groups in total. The zero-order valence-corrected chi connectivity index (χ0v) is 12.3. The van der Waals surface area contributed by atoms with E-state index in [1.54, 1.807) is 11.8 Å². The third-order valence-electron chi connectivity index (χ3n) is 3.04. The molecule has 0 spiro atoms. The van der Waals surface area contributed by atoms with E-state index >= 15 is 0 Å². The normalized spacial score (nSPS) is 12.2. The van der Waals surface area contributed by atoms with Crippen LogP contribution in [0.15, 0.2) is 47.4 Å². The van der Waals surface area contributed by atoms with Crippen LogP contribution in [0.3, 0.4) is 0 Å². The fourth-order valence-electron chi connectivity index (χ4n) is 1.94. The lowest BCUT2D eigenvalue weighted by Gasteiger charge is -2.15. The minimum Gasteiger partial charge on any atom is -0.496 e. The molecule has 0 aliphatic heterocycles. The summed E-state index contributed by atoms with van der Waals surface area (Å²) in [5.74, 6) is 0.579. The van der Waals surface area contributed by atoms with Crippen LogP contribution in [0.25, 0.3) is 0 Å². The summed E-state index contributed by atoms with van der Waals surface area (Å²) in [6.45, 7) is 2.03. The van der Waals surface area contributed by atoms with Crippen LogP contribution in [0.5, 0.6) is 5.75 Å². The lowest BCUT2D eigenvalue weighted by Crippen LogP contribution is -2.04. The number of halogens is 1. The third-order valence-corrected chi connectivity index (χ3v) is 4.29. The van der Waals surface area contributed by atoms with E-state index in [4.69, 9.17) is 4.74 Å². The molecule has 2 aromatic rings. The first-order valence-corrected chi connectivity index (χ1v) is 7.30. The van der Waals surface area contributed by atoms with Gasteiger partial charge in [-0.3, -0.25) is 0 Å². The minimum absolute atomic E-state index is 0.374. The topological polar surface area (TPSA) is 29.5 Å². The van der Waals surface area contributed by atoms with Gasteiger partial charge in [0.1, 0.15) is 11.6 Å². The van der Waals surface area contributed by atoms with E-state index in [0.29, 0.717) is 17.1 Å². The molecule has 0 aliphatic rings. The highest BCUT2D eigenvalue weighted by Crippen LogP contribution is 2.31. The van der Waals surface area contributed by atoms with E-state index in [-0.39, 0.29) is 5.82 Å². The molecule has 106 valence electrons. The zero-order valence-electron chi connectivity index (χ0n) is 11.5. The summed E-state index contributed by atoms with van der Waals surface area (Å²) in [5.41, 5.74) is 1.64. The van der Waals surface area contributed by atoms with Crippen molar-refractivity contribution in [1.82, 2.24) is 0 Å². The van der Waals surface area contributed by atoms with Crippen LogP contribution in [0, 0.1) is 12.7 Å². The molecule has 2 aromatic carbocycles. The van der Waals surface area contributed by atoms with Gasteiger partial charge in [-0.2, -0.15) is 0 Å². The molecule has 20 heavy (non-hydrogen) atoms. The van der Waals surface area contributed by atoms with E-state index in [1.165, 1.54) is 25.3 Å². The molecule has 0 saturated carbocycles. The summed E-state index contributed by atoms with van der Waals surface area (Å²) in [5, 5.41) is 10.2. The van der Waals surface area contributed by atoms with Gasteiger partial charge in [0.15, 0.2) is 0 Å². The van der Waals surface area contributed by atoms with Gasteiger partial charge < -0.3 is 9.84 Å². The molecule has 4 heteroatoms. The number of benzene rings is 2. The summed E-state index contributed by atoms with van der Waals surface area (Å²) in [7, 11) is 1.51. The van der Waals surface area contributed by atoms with Gasteiger partial charge in [0.05, 0.1) is 13.2 Å². The van der Waals surface area contributed by atoms with Gasteiger partial charge >= 0.3 is 0 Å². The zero-order chi connectivity index (χ0) is 14.5. The lowest BCUT2D eigenvalue weighted by atomic mass is 10.1. The number of rotatable bonds is 5. The molecule has 0 radical (unpaired) electrons. The van der Waals surface area contributed by atoms with Gasteiger partial charge in [-0.05, 0) is 36.8 Å². The second-order valence-electron chi connectivity index (χ2n) is 4.48. The average molecular weight is 292 g/mol. The average Bonchev–Trinajstić information content (AvgIpc) is 2.46. The third kappa shape index (κ3) is 3.52. The van der Waals surface area contributed by atoms with Crippen molar-refractivity contribution >= 4 is 11.8 Å². The molecule has 0 amide bonds. The van der Waals surface area contributed by atoms with Crippen molar-refractivity contribution in [2.75, 3.05) is 12.9 Å². The minimum atomic E-state index is -0.773. The Kier molecular flexibility index (Phi) is 5.04. The highest BCUT2D eigenvalue weighted by molar-refractivity contribution is 7.99. The van der Waals surface area contributed by atoms with Crippen LogP contribution < -0.4 is 4.74 Å². The van der Waals surface area contributed by atoms with Crippen molar-refractivity contribution in [3.63, 3.8) is 0 Å². The van der Waals surface area contributed by atoms with Gasteiger partial charge in [-0.1, -0.05) is 18.2 Å². The number of aryl methyl sites for hydroxylation is 1. The molecule has 2 rings (SSSR count). The fraction of sp³-hybridized carbons (Fsp3) is 0.250. The summed E-state index contributed by atoms with van der Waals surface area (Å²) in [4.78, 5) is 1.11. The molecule has 0 aliphatic carbocycles. The second-order valence-corrected chi connectivity index (χ2v) is 5.54. The quantitative estimate of drug-likeness (QED) is 0.846. The van der Waals surface area contributed by atoms with Crippen LogP contribution in [0.1, 0.15) is 17.2 Å². The van der Waals surface area contributed by atoms with Gasteiger partial charge in [0, 0.05) is 16.2 Å². The standard InChI is InChI=1S/C16H17FO2S/c1-11-5-3-4-6-16(11)20-10-14(18)13-9-12(17)7-8-15(13)19-2/h3-9,14,18H,10H2,1-2H3. The molecular weight excluding hydrogens is 275 g/mol. The number of aliphatic hydroxyl groups is 1. The maximum atomic E-state index is 13.3. The Bertz CT molecular complexity index is 586. The number of hydrogen-bond acceptors (Lipinski definition) is 3. The van der Waals surface area contributed by atoms with Gasteiger partial charge in [0.25, 0.3) is 0 Å². The first kappa shape index (κ1) is 14.9. The molecular formula is C16H17FO2S. The largest absolute Gasteiger partial charge is 0.496 e. The molecule has 0 aromatic heterocycles. The van der Waals surface area contributed by atoms with E-state index in [0.717, 1.165) is 10.5 Å². The molecule has 0 fully saturated rings. The molecule has 1 atom stereocenters. The molecule has 0 bridgehead atoms. The van der Waals surface area contributed by atoms with Crippen molar-refractivity contribution in [3.05, 3.63) is 59.4 Å².